The second-order valence-electron chi connectivity index (χ2n) is 4.71. The minimum Gasteiger partial charge on any atom is -0.496 e. The zero-order chi connectivity index (χ0) is 15.4. The molecule has 0 saturated carbocycles. The lowest BCUT2D eigenvalue weighted by Gasteiger charge is -2.15. The molecule has 0 aromatic heterocycles. The first-order valence-corrected chi connectivity index (χ1v) is 8.00. The second-order valence-corrected chi connectivity index (χ2v) is 6.00. The Kier molecular flexibility index (Phi) is 5.54. The van der Waals surface area contributed by atoms with Crippen molar-refractivity contribution in [2.24, 2.45) is 0 Å². The fraction of sp³-hybridized carbons (Fsp3) is 0.294. The van der Waals surface area contributed by atoms with Gasteiger partial charge in [-0.15, -0.1) is 11.6 Å². The molecule has 2 aromatic rings. The molecule has 0 aliphatic heterocycles. The Hall–Kier alpha value is -1.19. The van der Waals surface area contributed by atoms with Crippen molar-refractivity contribution in [3.63, 3.8) is 0 Å². The first kappa shape index (κ1) is 16.2. The van der Waals surface area contributed by atoms with Crippen LogP contribution in [0.1, 0.15) is 29.0 Å². The summed E-state index contributed by atoms with van der Waals surface area (Å²) < 4.78 is 11.8. The molecule has 21 heavy (non-hydrogen) atoms. The van der Waals surface area contributed by atoms with E-state index in [1.807, 2.05) is 50.2 Å². The molecule has 2 aromatic carbocycles. The number of benzene rings is 2. The van der Waals surface area contributed by atoms with Crippen molar-refractivity contribution in [3.05, 3.63) is 57.6 Å². The third kappa shape index (κ3) is 3.72. The molecule has 0 heterocycles. The van der Waals surface area contributed by atoms with E-state index >= 15 is 0 Å². The van der Waals surface area contributed by atoms with Crippen molar-refractivity contribution in [3.8, 4) is 11.5 Å². The normalized spacial score (nSPS) is 12.0. The molecule has 0 amide bonds. The Morgan fingerprint density at radius 2 is 1.95 bits per heavy atom. The van der Waals surface area contributed by atoms with Crippen molar-refractivity contribution in [1.82, 2.24) is 0 Å². The Bertz CT molecular complexity index is 628. The number of aryl methyl sites for hydroxylation is 1. The number of rotatable bonds is 5. The molecule has 1 unspecified atom stereocenters. The lowest BCUT2D eigenvalue weighted by atomic mass is 10.0. The Morgan fingerprint density at radius 3 is 2.57 bits per heavy atom. The van der Waals surface area contributed by atoms with Gasteiger partial charge in [0.1, 0.15) is 11.5 Å². The van der Waals surface area contributed by atoms with Crippen molar-refractivity contribution >= 4 is 27.5 Å². The highest BCUT2D eigenvalue weighted by Crippen LogP contribution is 2.37. The zero-order valence-corrected chi connectivity index (χ0v) is 14.7. The summed E-state index contributed by atoms with van der Waals surface area (Å²) in [5.74, 6) is 1.68. The number of methoxy groups -OCH3 is 1. The molecule has 2 nitrogen and oxygen atoms in total. The van der Waals surface area contributed by atoms with E-state index in [1.165, 1.54) is 0 Å². The third-order valence-corrected chi connectivity index (χ3v) is 4.45. The van der Waals surface area contributed by atoms with Crippen molar-refractivity contribution < 1.29 is 9.47 Å². The molecule has 0 spiro atoms. The highest BCUT2D eigenvalue weighted by Gasteiger charge is 2.16. The smallest absolute Gasteiger partial charge is 0.122 e. The van der Waals surface area contributed by atoms with Crippen molar-refractivity contribution in [2.75, 3.05) is 13.7 Å². The fourth-order valence-electron chi connectivity index (χ4n) is 2.14. The van der Waals surface area contributed by atoms with Crippen LogP contribution in [0.25, 0.3) is 0 Å². The van der Waals surface area contributed by atoms with Gasteiger partial charge in [-0.05, 0) is 48.7 Å². The highest BCUT2D eigenvalue weighted by atomic mass is 79.9. The third-order valence-electron chi connectivity index (χ3n) is 3.28. The van der Waals surface area contributed by atoms with Crippen molar-refractivity contribution in [2.45, 2.75) is 19.2 Å². The van der Waals surface area contributed by atoms with Gasteiger partial charge in [0, 0.05) is 4.47 Å². The molecule has 112 valence electrons. The molecule has 0 aliphatic rings. The van der Waals surface area contributed by atoms with E-state index < -0.39 is 0 Å². The van der Waals surface area contributed by atoms with Gasteiger partial charge in [0.15, 0.2) is 0 Å². The predicted octanol–water partition coefficient (Wildman–Crippen LogP) is 5.49. The van der Waals surface area contributed by atoms with Gasteiger partial charge in [-0.1, -0.05) is 34.1 Å². The number of hydrogen-bond acceptors (Lipinski definition) is 2. The first-order chi connectivity index (χ1) is 10.1. The van der Waals surface area contributed by atoms with E-state index in [-0.39, 0.29) is 5.38 Å². The minimum absolute atomic E-state index is 0.246. The summed E-state index contributed by atoms with van der Waals surface area (Å²) in [4.78, 5) is 0. The maximum atomic E-state index is 6.62. The molecule has 0 fully saturated rings. The molecule has 0 radical (unpaired) electrons. The monoisotopic (exact) mass is 368 g/mol. The molecule has 2 rings (SSSR count). The van der Waals surface area contributed by atoms with Gasteiger partial charge in [-0.3, -0.25) is 0 Å². The van der Waals surface area contributed by atoms with E-state index in [2.05, 4.69) is 15.9 Å². The van der Waals surface area contributed by atoms with Gasteiger partial charge in [0.25, 0.3) is 0 Å². The van der Waals surface area contributed by atoms with Gasteiger partial charge in [0.2, 0.25) is 0 Å². The molecule has 0 bridgehead atoms. The molecular formula is C17H18BrClO2. The largest absolute Gasteiger partial charge is 0.496 e. The number of ether oxygens (including phenoxy) is 2. The maximum Gasteiger partial charge on any atom is 0.122 e. The van der Waals surface area contributed by atoms with Crippen molar-refractivity contribution in [1.29, 1.82) is 0 Å². The van der Waals surface area contributed by atoms with Crippen LogP contribution in [-0.2, 0) is 0 Å². The molecule has 0 saturated heterocycles. The summed E-state index contributed by atoms with van der Waals surface area (Å²) in [5, 5.41) is -0.246. The Labute approximate surface area is 139 Å². The van der Waals surface area contributed by atoms with Crippen LogP contribution >= 0.6 is 27.5 Å². The molecule has 4 heteroatoms. The second kappa shape index (κ2) is 7.19. The van der Waals surface area contributed by atoms with Gasteiger partial charge in [0.05, 0.1) is 19.1 Å². The summed E-state index contributed by atoms with van der Waals surface area (Å²) in [6.07, 6.45) is 0. The molecule has 0 aliphatic carbocycles. The standard InChI is InChI=1S/C17H18BrClO2/c1-4-21-13-7-8-14(15(18)10-13)17(19)12-6-5-11(2)16(9-12)20-3/h5-10,17H,4H2,1-3H3. The van der Waals surface area contributed by atoms with Gasteiger partial charge in [-0.25, -0.2) is 0 Å². The quantitative estimate of drug-likeness (QED) is 0.648. The van der Waals surface area contributed by atoms with E-state index in [0.717, 1.165) is 32.7 Å². The number of halogens is 2. The SMILES string of the molecule is CCOc1ccc(C(Cl)c2ccc(C)c(OC)c2)c(Br)c1. The highest BCUT2D eigenvalue weighted by molar-refractivity contribution is 9.10. The van der Waals surface area contributed by atoms with Gasteiger partial charge < -0.3 is 9.47 Å². The fourth-order valence-corrected chi connectivity index (χ4v) is 3.19. The summed E-state index contributed by atoms with van der Waals surface area (Å²) in [6.45, 7) is 4.62. The summed E-state index contributed by atoms with van der Waals surface area (Å²) in [7, 11) is 1.67. The minimum atomic E-state index is -0.246. The summed E-state index contributed by atoms with van der Waals surface area (Å²) >= 11 is 10.2. The van der Waals surface area contributed by atoms with E-state index in [9.17, 15) is 0 Å². The number of alkyl halides is 1. The first-order valence-electron chi connectivity index (χ1n) is 6.77. The molecular weight excluding hydrogens is 352 g/mol. The van der Waals surface area contributed by atoms with E-state index in [0.29, 0.717) is 6.61 Å². The number of hydrogen-bond donors (Lipinski definition) is 0. The zero-order valence-electron chi connectivity index (χ0n) is 12.3. The Morgan fingerprint density at radius 1 is 1.19 bits per heavy atom. The van der Waals surface area contributed by atoms with Crippen LogP contribution in [-0.4, -0.2) is 13.7 Å². The topological polar surface area (TPSA) is 18.5 Å². The predicted molar refractivity (Wildman–Crippen MR) is 90.7 cm³/mol. The molecule has 1 atom stereocenters. The van der Waals surface area contributed by atoms with E-state index in [4.69, 9.17) is 21.1 Å². The van der Waals surface area contributed by atoms with Crippen LogP contribution in [0.5, 0.6) is 11.5 Å². The van der Waals surface area contributed by atoms with Crippen LogP contribution in [0, 0.1) is 6.92 Å². The summed E-state index contributed by atoms with van der Waals surface area (Å²) in [5.41, 5.74) is 3.10. The van der Waals surface area contributed by atoms with Gasteiger partial charge >= 0.3 is 0 Å². The van der Waals surface area contributed by atoms with Crippen LogP contribution < -0.4 is 9.47 Å². The lowest BCUT2D eigenvalue weighted by molar-refractivity contribution is 0.340. The van der Waals surface area contributed by atoms with E-state index in [1.54, 1.807) is 7.11 Å². The summed E-state index contributed by atoms with van der Waals surface area (Å²) in [6, 6.07) is 11.9. The van der Waals surface area contributed by atoms with Gasteiger partial charge in [-0.2, -0.15) is 0 Å². The average Bonchev–Trinajstić information content (AvgIpc) is 2.47. The van der Waals surface area contributed by atoms with Crippen LogP contribution in [0.2, 0.25) is 0 Å². The lowest BCUT2D eigenvalue weighted by Crippen LogP contribution is -1.98. The molecule has 0 N–H and O–H groups in total. The maximum absolute atomic E-state index is 6.62. The Balaban J connectivity index is 2.33. The van der Waals surface area contributed by atoms with Crippen LogP contribution in [0.3, 0.4) is 0 Å². The van der Waals surface area contributed by atoms with Crippen LogP contribution in [0.4, 0.5) is 0 Å². The van der Waals surface area contributed by atoms with Crippen LogP contribution in [0.15, 0.2) is 40.9 Å². The average molecular weight is 370 g/mol.